The second-order valence-electron chi connectivity index (χ2n) is 10.4. The number of benzene rings is 2. The van der Waals surface area contributed by atoms with Gasteiger partial charge in [0.25, 0.3) is 0 Å². The van der Waals surface area contributed by atoms with E-state index in [1.165, 1.54) is 0 Å². The lowest BCUT2D eigenvalue weighted by Crippen LogP contribution is -2.60. The molecule has 0 saturated carbocycles. The summed E-state index contributed by atoms with van der Waals surface area (Å²) in [5.74, 6) is 2.61. The number of carbonyl (C=O) groups excluding carboxylic acids is 1. The van der Waals surface area contributed by atoms with Gasteiger partial charge in [0.2, 0.25) is 0 Å². The Morgan fingerprint density at radius 1 is 1.22 bits per heavy atom. The van der Waals surface area contributed by atoms with Crippen molar-refractivity contribution in [3.05, 3.63) is 64.3 Å². The van der Waals surface area contributed by atoms with E-state index < -0.39 is 5.66 Å². The molecule has 2 N–H and O–H groups in total. The molecule has 5 aromatic rings. The lowest BCUT2D eigenvalue weighted by Gasteiger charge is -2.47. The minimum atomic E-state index is -0.910. The van der Waals surface area contributed by atoms with Crippen LogP contribution in [0.1, 0.15) is 29.8 Å². The number of ether oxygens (including phenoxy) is 2. The molecule has 1 aliphatic rings. The number of methoxy groups -OCH3 is 1. The number of carbonyl (C=O) groups is 1. The number of aromatic nitrogens is 4. The molecule has 212 valence electrons. The van der Waals surface area contributed by atoms with Crippen LogP contribution in [0.2, 0.25) is 5.02 Å². The molecule has 1 fully saturated rings. The van der Waals surface area contributed by atoms with E-state index in [1.54, 1.807) is 14.0 Å². The van der Waals surface area contributed by atoms with Crippen molar-refractivity contribution >= 4 is 45.1 Å². The quantitative estimate of drug-likeness (QED) is 0.258. The smallest absolute Gasteiger partial charge is 0.144 e. The zero-order chi connectivity index (χ0) is 28.9. The monoisotopic (exact) mass is 574 g/mol. The standard InChI is InChI=1S/C30H31ClN6O4/c1-16(38)14-37-9-10-40-15-30(37,20-7-6-8-21(31)11-20)35-29-27-22-13-25(39-5)23(26-17(2)36-41-18(26)3)12-24(22)34-28(27)32-19(4)33-29/h6-8,11-13H,9-10,14-15H2,1-5H3,(H2,32,33,34,35). The number of hydrogen-bond donors (Lipinski definition) is 2. The summed E-state index contributed by atoms with van der Waals surface area (Å²) in [5, 5.41) is 10.1. The Morgan fingerprint density at radius 3 is 2.76 bits per heavy atom. The molecule has 0 spiro atoms. The number of rotatable bonds is 7. The highest BCUT2D eigenvalue weighted by molar-refractivity contribution is 6.30. The van der Waals surface area contributed by atoms with Crippen LogP contribution in [0.25, 0.3) is 33.1 Å². The zero-order valence-electron chi connectivity index (χ0n) is 23.6. The molecule has 1 unspecified atom stereocenters. The number of aromatic amines is 1. The van der Waals surface area contributed by atoms with Crippen LogP contribution in [0, 0.1) is 20.8 Å². The number of H-pyrrole nitrogens is 1. The van der Waals surface area contributed by atoms with Gasteiger partial charge in [-0.15, -0.1) is 0 Å². The van der Waals surface area contributed by atoms with Gasteiger partial charge >= 0.3 is 0 Å². The molecule has 11 heteroatoms. The second-order valence-corrected chi connectivity index (χ2v) is 10.9. The fourth-order valence-electron chi connectivity index (χ4n) is 5.81. The Bertz CT molecular complexity index is 1780. The van der Waals surface area contributed by atoms with E-state index in [4.69, 9.17) is 35.6 Å². The van der Waals surface area contributed by atoms with Gasteiger partial charge in [0.1, 0.15) is 40.2 Å². The highest BCUT2D eigenvalue weighted by Crippen LogP contribution is 2.42. The van der Waals surface area contributed by atoms with Crippen LogP contribution in [0.4, 0.5) is 5.82 Å². The molecule has 0 amide bonds. The van der Waals surface area contributed by atoms with Gasteiger partial charge in [0, 0.05) is 28.0 Å². The average molecular weight is 575 g/mol. The summed E-state index contributed by atoms with van der Waals surface area (Å²) in [4.78, 5) is 27.6. The van der Waals surface area contributed by atoms with Crippen LogP contribution in [-0.4, -0.2) is 64.2 Å². The molecular formula is C30H31ClN6O4. The van der Waals surface area contributed by atoms with Crippen molar-refractivity contribution in [2.24, 2.45) is 0 Å². The lowest BCUT2D eigenvalue weighted by molar-refractivity contribution is -0.123. The van der Waals surface area contributed by atoms with Gasteiger partial charge in [-0.05, 0) is 57.5 Å². The predicted octanol–water partition coefficient (Wildman–Crippen LogP) is 5.54. The number of ketones is 1. The van der Waals surface area contributed by atoms with Gasteiger partial charge in [-0.25, -0.2) is 9.97 Å². The highest BCUT2D eigenvalue weighted by atomic mass is 35.5. The van der Waals surface area contributed by atoms with Crippen molar-refractivity contribution in [2.45, 2.75) is 33.4 Å². The van der Waals surface area contributed by atoms with Gasteiger partial charge < -0.3 is 24.3 Å². The molecule has 1 aliphatic heterocycles. The van der Waals surface area contributed by atoms with E-state index in [0.717, 1.165) is 38.7 Å². The number of fused-ring (bicyclic) bond motifs is 3. The minimum absolute atomic E-state index is 0.0489. The number of anilines is 1. The Kier molecular flexibility index (Phi) is 6.93. The number of nitrogens with zero attached hydrogens (tertiary/aromatic N) is 4. The van der Waals surface area contributed by atoms with E-state index in [-0.39, 0.29) is 18.9 Å². The highest BCUT2D eigenvalue weighted by Gasteiger charge is 2.43. The molecule has 0 bridgehead atoms. The van der Waals surface area contributed by atoms with Gasteiger partial charge in [-0.2, -0.15) is 0 Å². The van der Waals surface area contributed by atoms with Gasteiger partial charge in [-0.3, -0.25) is 9.69 Å². The Balaban J connectivity index is 1.58. The normalized spacial score (nSPS) is 17.8. The number of halogens is 1. The van der Waals surface area contributed by atoms with Gasteiger partial charge in [0.05, 0.1) is 43.5 Å². The molecule has 1 atom stereocenters. The summed E-state index contributed by atoms with van der Waals surface area (Å²) in [6, 6.07) is 11.6. The number of aryl methyl sites for hydroxylation is 3. The molecule has 2 aromatic carbocycles. The van der Waals surface area contributed by atoms with Crippen LogP contribution < -0.4 is 10.1 Å². The first-order valence-corrected chi connectivity index (χ1v) is 13.8. The number of hydrogen-bond acceptors (Lipinski definition) is 9. The molecule has 41 heavy (non-hydrogen) atoms. The van der Waals surface area contributed by atoms with Crippen molar-refractivity contribution in [1.82, 2.24) is 25.0 Å². The topological polar surface area (TPSA) is 118 Å². The predicted molar refractivity (Wildman–Crippen MR) is 157 cm³/mol. The van der Waals surface area contributed by atoms with Crippen LogP contribution in [0.15, 0.2) is 40.9 Å². The van der Waals surface area contributed by atoms with E-state index in [0.29, 0.717) is 47.0 Å². The summed E-state index contributed by atoms with van der Waals surface area (Å²) in [6.45, 7) is 8.81. The summed E-state index contributed by atoms with van der Waals surface area (Å²) < 4.78 is 17.3. The van der Waals surface area contributed by atoms with Crippen molar-refractivity contribution in [3.8, 4) is 16.9 Å². The number of morpholine rings is 1. The van der Waals surface area contributed by atoms with Crippen molar-refractivity contribution in [3.63, 3.8) is 0 Å². The van der Waals surface area contributed by atoms with Crippen LogP contribution in [-0.2, 0) is 15.2 Å². The fraction of sp³-hybridized carbons (Fsp3) is 0.333. The summed E-state index contributed by atoms with van der Waals surface area (Å²) in [6.07, 6.45) is 0. The molecule has 0 aliphatic carbocycles. The van der Waals surface area contributed by atoms with Crippen LogP contribution >= 0.6 is 11.6 Å². The zero-order valence-corrected chi connectivity index (χ0v) is 24.3. The number of Topliss-reactive ketones (excluding diaryl/α,β-unsaturated/α-hetero) is 1. The van der Waals surface area contributed by atoms with E-state index in [2.05, 4.69) is 20.4 Å². The molecular weight excluding hydrogens is 544 g/mol. The average Bonchev–Trinajstić information content (AvgIpc) is 3.46. The third-order valence-corrected chi connectivity index (χ3v) is 7.82. The fourth-order valence-corrected chi connectivity index (χ4v) is 6.00. The first-order chi connectivity index (χ1) is 19.7. The van der Waals surface area contributed by atoms with Crippen molar-refractivity contribution < 1.29 is 18.8 Å². The van der Waals surface area contributed by atoms with E-state index >= 15 is 0 Å². The molecule has 3 aromatic heterocycles. The molecule has 6 rings (SSSR count). The maximum atomic E-state index is 12.4. The first kappa shape index (κ1) is 27.2. The lowest BCUT2D eigenvalue weighted by atomic mass is 9.95. The Hall–Kier alpha value is -3.99. The van der Waals surface area contributed by atoms with Gasteiger partial charge in [0.15, 0.2) is 0 Å². The largest absolute Gasteiger partial charge is 0.496 e. The summed E-state index contributed by atoms with van der Waals surface area (Å²) >= 11 is 6.47. The summed E-state index contributed by atoms with van der Waals surface area (Å²) in [7, 11) is 1.64. The first-order valence-electron chi connectivity index (χ1n) is 13.4. The molecule has 4 heterocycles. The maximum Gasteiger partial charge on any atom is 0.144 e. The molecule has 1 saturated heterocycles. The van der Waals surface area contributed by atoms with Gasteiger partial charge in [-0.1, -0.05) is 28.9 Å². The van der Waals surface area contributed by atoms with Crippen molar-refractivity contribution in [1.29, 1.82) is 0 Å². The SMILES string of the molecule is COc1cc2c(cc1-c1c(C)noc1C)[nH]c1nc(C)nc(NC3(c4cccc(Cl)c4)COCCN3CC(C)=O)c12. The molecule has 0 radical (unpaired) electrons. The second kappa shape index (κ2) is 10.4. The minimum Gasteiger partial charge on any atom is -0.496 e. The van der Waals surface area contributed by atoms with Crippen molar-refractivity contribution in [2.75, 3.05) is 38.7 Å². The summed E-state index contributed by atoms with van der Waals surface area (Å²) in [5.41, 5.74) is 4.02. The number of nitrogens with one attached hydrogen (secondary N) is 2. The van der Waals surface area contributed by atoms with E-state index in [9.17, 15) is 4.79 Å². The molecule has 10 nitrogen and oxygen atoms in total. The Morgan fingerprint density at radius 2 is 2.05 bits per heavy atom. The van der Waals surface area contributed by atoms with Crippen LogP contribution in [0.3, 0.4) is 0 Å². The maximum absolute atomic E-state index is 12.4. The van der Waals surface area contributed by atoms with Crippen LogP contribution in [0.5, 0.6) is 5.75 Å². The Labute approximate surface area is 242 Å². The third kappa shape index (κ3) is 4.71. The third-order valence-electron chi connectivity index (χ3n) is 7.58. The van der Waals surface area contributed by atoms with E-state index in [1.807, 2.05) is 57.2 Å².